The molecule has 0 N–H and O–H groups in total. The van der Waals surface area contributed by atoms with E-state index in [1.165, 1.54) is 18.2 Å². The fraction of sp³-hybridized carbons (Fsp3) is 0.429. The molecule has 0 aliphatic carbocycles. The van der Waals surface area contributed by atoms with Crippen LogP contribution in [0.4, 0.5) is 8.78 Å². The number of ketones is 1. The molecular weight excluding hydrogens is 350 g/mol. The van der Waals surface area contributed by atoms with E-state index in [9.17, 15) is 18.4 Å². The standard InChI is InChI=1S/C14H15BrF2O4/c1-8(2)5-13(19)20-7-11(18)10-4-3-9(15)6-12(10)21-14(16)17/h3-4,6,8,14H,5,7H2,1-2H3. The summed E-state index contributed by atoms with van der Waals surface area (Å²) in [6.45, 7) is 0.125. The van der Waals surface area contributed by atoms with Gasteiger partial charge in [0.05, 0.1) is 5.56 Å². The van der Waals surface area contributed by atoms with E-state index in [-0.39, 0.29) is 23.7 Å². The molecule has 0 radical (unpaired) electrons. The SMILES string of the molecule is CC(C)CC(=O)OCC(=O)c1ccc(Br)cc1OC(F)F. The summed E-state index contributed by atoms with van der Waals surface area (Å²) < 4.78 is 34.2. The maximum absolute atomic E-state index is 12.3. The van der Waals surface area contributed by atoms with E-state index in [0.29, 0.717) is 4.47 Å². The van der Waals surface area contributed by atoms with Crippen LogP contribution in [0, 0.1) is 5.92 Å². The van der Waals surface area contributed by atoms with Crippen molar-refractivity contribution in [3.63, 3.8) is 0 Å². The van der Waals surface area contributed by atoms with Crippen LogP contribution in [0.1, 0.15) is 30.6 Å². The highest BCUT2D eigenvalue weighted by Gasteiger charge is 2.18. The van der Waals surface area contributed by atoms with Crippen LogP contribution >= 0.6 is 15.9 Å². The summed E-state index contributed by atoms with van der Waals surface area (Å²) in [6, 6.07) is 4.11. The third-order valence-corrected chi connectivity index (χ3v) is 2.89. The van der Waals surface area contributed by atoms with Crippen molar-refractivity contribution < 1.29 is 27.8 Å². The van der Waals surface area contributed by atoms with Gasteiger partial charge in [0.15, 0.2) is 6.61 Å². The van der Waals surface area contributed by atoms with Crippen molar-refractivity contribution in [2.24, 2.45) is 5.92 Å². The summed E-state index contributed by atoms with van der Waals surface area (Å²) in [7, 11) is 0. The van der Waals surface area contributed by atoms with E-state index < -0.39 is 25.0 Å². The fourth-order valence-corrected chi connectivity index (χ4v) is 1.88. The van der Waals surface area contributed by atoms with Gasteiger partial charge in [-0.2, -0.15) is 8.78 Å². The van der Waals surface area contributed by atoms with Crippen LogP contribution in [0.25, 0.3) is 0 Å². The Bertz CT molecular complexity index is 518. The molecule has 0 spiro atoms. The molecule has 1 rings (SSSR count). The lowest BCUT2D eigenvalue weighted by Gasteiger charge is -2.11. The van der Waals surface area contributed by atoms with Crippen molar-refractivity contribution in [3.8, 4) is 5.75 Å². The first-order valence-corrected chi connectivity index (χ1v) is 7.02. The van der Waals surface area contributed by atoms with Crippen molar-refractivity contribution in [1.29, 1.82) is 0 Å². The molecule has 1 aromatic rings. The van der Waals surface area contributed by atoms with Crippen LogP contribution in [0.3, 0.4) is 0 Å². The molecule has 0 aliphatic heterocycles. The minimum absolute atomic E-state index is 0.0594. The number of ether oxygens (including phenoxy) is 2. The van der Waals surface area contributed by atoms with E-state index >= 15 is 0 Å². The summed E-state index contributed by atoms with van der Waals surface area (Å²) in [6.07, 6.45) is 0.189. The third kappa shape index (κ3) is 6.20. The zero-order valence-electron chi connectivity index (χ0n) is 11.6. The molecule has 0 aliphatic rings. The lowest BCUT2D eigenvalue weighted by molar-refractivity contribution is -0.143. The molecular formula is C14H15BrF2O4. The number of hydrogen-bond acceptors (Lipinski definition) is 4. The molecule has 0 bridgehead atoms. The number of esters is 1. The van der Waals surface area contributed by atoms with Crippen molar-refractivity contribution >= 4 is 27.7 Å². The fourth-order valence-electron chi connectivity index (χ4n) is 1.54. The molecule has 0 unspecified atom stereocenters. The highest BCUT2D eigenvalue weighted by atomic mass is 79.9. The molecule has 0 saturated heterocycles. The number of rotatable bonds is 7. The molecule has 0 fully saturated rings. The van der Waals surface area contributed by atoms with Gasteiger partial charge in [-0.15, -0.1) is 0 Å². The Morgan fingerprint density at radius 3 is 2.52 bits per heavy atom. The predicted molar refractivity (Wildman–Crippen MR) is 75.5 cm³/mol. The second-order valence-corrected chi connectivity index (χ2v) is 5.62. The first-order chi connectivity index (χ1) is 9.79. The highest BCUT2D eigenvalue weighted by Crippen LogP contribution is 2.26. The molecule has 0 saturated carbocycles. The van der Waals surface area contributed by atoms with Crippen LogP contribution in [0.15, 0.2) is 22.7 Å². The molecule has 0 amide bonds. The molecule has 21 heavy (non-hydrogen) atoms. The number of halogens is 3. The van der Waals surface area contributed by atoms with Gasteiger partial charge in [0.25, 0.3) is 0 Å². The number of carbonyl (C=O) groups is 2. The third-order valence-electron chi connectivity index (χ3n) is 2.40. The zero-order chi connectivity index (χ0) is 16.0. The zero-order valence-corrected chi connectivity index (χ0v) is 13.2. The number of Topliss-reactive ketones (excluding diaryl/α,β-unsaturated/α-hetero) is 1. The van der Waals surface area contributed by atoms with Gasteiger partial charge in [0.1, 0.15) is 5.75 Å². The molecule has 1 aromatic carbocycles. The maximum Gasteiger partial charge on any atom is 0.387 e. The van der Waals surface area contributed by atoms with Gasteiger partial charge >= 0.3 is 12.6 Å². The molecule has 0 atom stereocenters. The lowest BCUT2D eigenvalue weighted by Crippen LogP contribution is -2.17. The lowest BCUT2D eigenvalue weighted by atomic mass is 10.1. The van der Waals surface area contributed by atoms with Gasteiger partial charge in [-0.25, -0.2) is 0 Å². The maximum atomic E-state index is 12.3. The molecule has 116 valence electrons. The largest absolute Gasteiger partial charge is 0.457 e. The summed E-state index contributed by atoms with van der Waals surface area (Å²) in [5.41, 5.74) is -0.0594. The summed E-state index contributed by atoms with van der Waals surface area (Å²) >= 11 is 3.10. The Hall–Kier alpha value is -1.50. The van der Waals surface area contributed by atoms with E-state index in [2.05, 4.69) is 20.7 Å². The van der Waals surface area contributed by atoms with Gasteiger partial charge < -0.3 is 9.47 Å². The Morgan fingerprint density at radius 2 is 1.95 bits per heavy atom. The van der Waals surface area contributed by atoms with Crippen molar-refractivity contribution in [2.75, 3.05) is 6.61 Å². The second kappa shape index (κ2) is 8.07. The van der Waals surface area contributed by atoms with Crippen molar-refractivity contribution in [2.45, 2.75) is 26.9 Å². The average Bonchev–Trinajstić information content (AvgIpc) is 2.34. The van der Waals surface area contributed by atoms with Crippen molar-refractivity contribution in [3.05, 3.63) is 28.2 Å². The van der Waals surface area contributed by atoms with Crippen molar-refractivity contribution in [1.82, 2.24) is 0 Å². The van der Waals surface area contributed by atoms with Crippen LogP contribution in [-0.4, -0.2) is 25.0 Å². The molecule has 0 heterocycles. The topological polar surface area (TPSA) is 52.6 Å². The van der Waals surface area contributed by atoms with Crippen LogP contribution in [-0.2, 0) is 9.53 Å². The predicted octanol–water partition coefficient (Wildman–Crippen LogP) is 3.82. The number of hydrogen-bond donors (Lipinski definition) is 0. The Labute approximate surface area is 129 Å². The van der Waals surface area contributed by atoms with Gasteiger partial charge in [-0.1, -0.05) is 29.8 Å². The Kier molecular flexibility index (Phi) is 6.74. The van der Waals surface area contributed by atoms with Crippen LogP contribution in [0.2, 0.25) is 0 Å². The van der Waals surface area contributed by atoms with Crippen LogP contribution in [0.5, 0.6) is 5.75 Å². The first-order valence-electron chi connectivity index (χ1n) is 6.22. The number of benzene rings is 1. The Morgan fingerprint density at radius 1 is 1.29 bits per heavy atom. The molecule has 7 heteroatoms. The first kappa shape index (κ1) is 17.6. The van der Waals surface area contributed by atoms with Gasteiger partial charge in [-0.05, 0) is 24.1 Å². The monoisotopic (exact) mass is 364 g/mol. The summed E-state index contributed by atoms with van der Waals surface area (Å²) in [4.78, 5) is 23.3. The normalized spacial score (nSPS) is 10.8. The average molecular weight is 365 g/mol. The minimum atomic E-state index is -3.05. The number of alkyl halides is 2. The summed E-state index contributed by atoms with van der Waals surface area (Å²) in [5, 5.41) is 0. The van der Waals surface area contributed by atoms with Gasteiger partial charge in [-0.3, -0.25) is 9.59 Å². The van der Waals surface area contributed by atoms with E-state index in [1.54, 1.807) is 0 Å². The smallest absolute Gasteiger partial charge is 0.387 e. The molecule has 0 aromatic heterocycles. The van der Waals surface area contributed by atoms with Gasteiger partial charge in [0.2, 0.25) is 5.78 Å². The minimum Gasteiger partial charge on any atom is -0.457 e. The summed E-state index contributed by atoms with van der Waals surface area (Å²) in [5.74, 6) is -1.26. The highest BCUT2D eigenvalue weighted by molar-refractivity contribution is 9.10. The van der Waals surface area contributed by atoms with Crippen LogP contribution < -0.4 is 4.74 Å². The van der Waals surface area contributed by atoms with Gasteiger partial charge in [0, 0.05) is 10.9 Å². The van der Waals surface area contributed by atoms with E-state index in [0.717, 1.165) is 0 Å². The molecule has 4 nitrogen and oxygen atoms in total. The Balaban J connectivity index is 2.75. The second-order valence-electron chi connectivity index (χ2n) is 4.70. The van der Waals surface area contributed by atoms with E-state index in [4.69, 9.17) is 4.74 Å². The number of carbonyl (C=O) groups excluding carboxylic acids is 2. The quantitative estimate of drug-likeness (QED) is 0.545. The van der Waals surface area contributed by atoms with E-state index in [1.807, 2.05) is 13.8 Å².